The van der Waals surface area contributed by atoms with Crippen LogP contribution in [0.25, 0.3) is 0 Å². The SMILES string of the molecule is [CH2]CCC(NN)NN. The van der Waals surface area contributed by atoms with Crippen molar-refractivity contribution in [3.05, 3.63) is 6.92 Å². The predicted octanol–water partition coefficient (Wildman–Crippen LogP) is -1.15. The number of hydrogen-bond acceptors (Lipinski definition) is 4. The predicted molar refractivity (Wildman–Crippen MR) is 33.0 cm³/mol. The second-order valence-corrected chi connectivity index (χ2v) is 1.53. The first-order chi connectivity index (χ1) is 3.85. The molecule has 0 atom stereocenters. The van der Waals surface area contributed by atoms with E-state index >= 15 is 0 Å². The highest BCUT2D eigenvalue weighted by Gasteiger charge is 1.97. The Labute approximate surface area is 49.6 Å². The highest BCUT2D eigenvalue weighted by molar-refractivity contribution is 4.55. The van der Waals surface area contributed by atoms with Crippen molar-refractivity contribution in [2.24, 2.45) is 11.7 Å². The van der Waals surface area contributed by atoms with Crippen LogP contribution < -0.4 is 22.5 Å². The van der Waals surface area contributed by atoms with E-state index in [2.05, 4.69) is 17.8 Å². The van der Waals surface area contributed by atoms with Crippen molar-refractivity contribution in [1.82, 2.24) is 10.9 Å². The van der Waals surface area contributed by atoms with Crippen molar-refractivity contribution in [3.8, 4) is 0 Å². The summed E-state index contributed by atoms with van der Waals surface area (Å²) in [7, 11) is 0. The van der Waals surface area contributed by atoms with E-state index in [0.717, 1.165) is 12.8 Å². The van der Waals surface area contributed by atoms with Crippen molar-refractivity contribution in [1.29, 1.82) is 0 Å². The minimum atomic E-state index is -0.00694. The van der Waals surface area contributed by atoms with E-state index in [4.69, 9.17) is 11.7 Å². The summed E-state index contributed by atoms with van der Waals surface area (Å²) in [4.78, 5) is 0. The second-order valence-electron chi connectivity index (χ2n) is 1.53. The lowest BCUT2D eigenvalue weighted by atomic mass is 10.3. The first-order valence-corrected chi connectivity index (χ1v) is 2.56. The van der Waals surface area contributed by atoms with Crippen LogP contribution >= 0.6 is 0 Å². The molecule has 49 valence electrons. The van der Waals surface area contributed by atoms with Crippen LogP contribution in [0, 0.1) is 6.92 Å². The minimum absolute atomic E-state index is 0.00694. The van der Waals surface area contributed by atoms with Gasteiger partial charge in [0.15, 0.2) is 0 Å². The van der Waals surface area contributed by atoms with E-state index in [0.29, 0.717) is 0 Å². The molecule has 4 nitrogen and oxygen atoms in total. The van der Waals surface area contributed by atoms with Gasteiger partial charge in [-0.25, -0.2) is 10.9 Å². The fourth-order valence-corrected chi connectivity index (χ4v) is 0.419. The summed E-state index contributed by atoms with van der Waals surface area (Å²) in [5.41, 5.74) is 4.95. The Kier molecular flexibility index (Phi) is 4.89. The lowest BCUT2D eigenvalue weighted by Gasteiger charge is -2.11. The average Bonchev–Trinajstić information content (AvgIpc) is 1.83. The Hall–Kier alpha value is -0.160. The molecule has 0 saturated carbocycles. The molecule has 0 rings (SSSR count). The second kappa shape index (κ2) is 4.99. The van der Waals surface area contributed by atoms with Crippen LogP contribution in [0.15, 0.2) is 0 Å². The van der Waals surface area contributed by atoms with Gasteiger partial charge in [0.25, 0.3) is 0 Å². The number of nitrogens with one attached hydrogen (secondary N) is 2. The van der Waals surface area contributed by atoms with E-state index in [-0.39, 0.29) is 6.17 Å². The van der Waals surface area contributed by atoms with Crippen molar-refractivity contribution in [3.63, 3.8) is 0 Å². The van der Waals surface area contributed by atoms with Crippen molar-refractivity contribution in [2.75, 3.05) is 0 Å². The highest BCUT2D eigenvalue weighted by Crippen LogP contribution is 1.87. The maximum Gasteiger partial charge on any atom is 0.0827 e. The van der Waals surface area contributed by atoms with Gasteiger partial charge in [0.05, 0.1) is 6.17 Å². The minimum Gasteiger partial charge on any atom is -0.270 e. The standard InChI is InChI=1S/C4H13N4/c1-2-3-4(7-5)8-6/h4,7-8H,1-3,5-6H2. The molecule has 0 aliphatic carbocycles. The van der Waals surface area contributed by atoms with E-state index in [1.807, 2.05) is 0 Å². The fraction of sp³-hybridized carbons (Fsp3) is 0.750. The quantitative estimate of drug-likeness (QED) is 0.213. The number of hydrogen-bond donors (Lipinski definition) is 4. The zero-order valence-electron chi connectivity index (χ0n) is 4.85. The van der Waals surface area contributed by atoms with Crippen molar-refractivity contribution in [2.45, 2.75) is 19.0 Å². The van der Waals surface area contributed by atoms with Gasteiger partial charge in [0.1, 0.15) is 0 Å². The van der Waals surface area contributed by atoms with Crippen LogP contribution in [-0.2, 0) is 0 Å². The monoisotopic (exact) mass is 117 g/mol. The molecule has 1 radical (unpaired) electrons. The zero-order valence-corrected chi connectivity index (χ0v) is 4.85. The first kappa shape index (κ1) is 7.84. The Morgan fingerprint density at radius 2 is 1.88 bits per heavy atom. The van der Waals surface area contributed by atoms with Gasteiger partial charge in [-0.3, -0.25) is 11.7 Å². The Morgan fingerprint density at radius 1 is 1.38 bits per heavy atom. The summed E-state index contributed by atoms with van der Waals surface area (Å²) in [5, 5.41) is 0. The average molecular weight is 117 g/mol. The molecular formula is C4H13N4. The summed E-state index contributed by atoms with van der Waals surface area (Å²) in [6, 6.07) is 0. The van der Waals surface area contributed by atoms with Gasteiger partial charge in [-0.2, -0.15) is 0 Å². The molecule has 0 aromatic carbocycles. The highest BCUT2D eigenvalue weighted by atomic mass is 15.4. The maximum atomic E-state index is 5.05. The molecule has 0 aromatic heterocycles. The molecule has 0 aromatic rings. The molecule has 0 saturated heterocycles. The molecule has 0 heterocycles. The normalized spacial score (nSPS) is 10.5. The Balaban J connectivity index is 3.07. The topological polar surface area (TPSA) is 76.1 Å². The summed E-state index contributed by atoms with van der Waals surface area (Å²) in [6.07, 6.45) is 1.65. The van der Waals surface area contributed by atoms with E-state index < -0.39 is 0 Å². The number of nitrogens with two attached hydrogens (primary N) is 2. The van der Waals surface area contributed by atoms with E-state index in [1.54, 1.807) is 0 Å². The van der Waals surface area contributed by atoms with Crippen LogP contribution in [0.1, 0.15) is 12.8 Å². The third-order valence-corrected chi connectivity index (χ3v) is 0.895. The number of rotatable bonds is 4. The fourth-order valence-electron chi connectivity index (χ4n) is 0.419. The lowest BCUT2D eigenvalue weighted by molar-refractivity contribution is 0.419. The Morgan fingerprint density at radius 3 is 2.00 bits per heavy atom. The summed E-state index contributed by atoms with van der Waals surface area (Å²) in [5.74, 6) is 10.1. The van der Waals surface area contributed by atoms with Crippen LogP contribution in [0.3, 0.4) is 0 Å². The maximum absolute atomic E-state index is 5.05. The van der Waals surface area contributed by atoms with Gasteiger partial charge in [0.2, 0.25) is 0 Å². The molecule has 0 fully saturated rings. The van der Waals surface area contributed by atoms with Crippen LogP contribution in [0.2, 0.25) is 0 Å². The molecule has 0 unspecified atom stereocenters. The molecule has 0 bridgehead atoms. The van der Waals surface area contributed by atoms with Gasteiger partial charge in [-0.1, -0.05) is 13.3 Å². The molecule has 6 N–H and O–H groups in total. The molecule has 0 aliphatic rings. The summed E-state index contributed by atoms with van der Waals surface area (Å²) in [6.45, 7) is 3.63. The molecule has 0 amide bonds. The summed E-state index contributed by atoms with van der Waals surface area (Å²) >= 11 is 0. The molecule has 0 aliphatic heterocycles. The number of hydrazine groups is 2. The van der Waals surface area contributed by atoms with Crippen LogP contribution in [-0.4, -0.2) is 6.17 Å². The van der Waals surface area contributed by atoms with Gasteiger partial charge in [-0.05, 0) is 6.42 Å². The molecular weight excluding hydrogens is 104 g/mol. The van der Waals surface area contributed by atoms with Gasteiger partial charge in [-0.15, -0.1) is 0 Å². The van der Waals surface area contributed by atoms with Crippen molar-refractivity contribution >= 4 is 0 Å². The first-order valence-electron chi connectivity index (χ1n) is 2.56. The van der Waals surface area contributed by atoms with E-state index in [9.17, 15) is 0 Å². The zero-order chi connectivity index (χ0) is 6.41. The lowest BCUT2D eigenvalue weighted by Crippen LogP contribution is -2.49. The summed E-state index contributed by atoms with van der Waals surface area (Å²) < 4.78 is 0. The van der Waals surface area contributed by atoms with Gasteiger partial charge >= 0.3 is 0 Å². The smallest absolute Gasteiger partial charge is 0.0827 e. The molecule has 8 heavy (non-hydrogen) atoms. The molecule has 0 spiro atoms. The molecule has 4 heteroatoms. The third kappa shape index (κ3) is 2.92. The van der Waals surface area contributed by atoms with Crippen LogP contribution in [0.5, 0.6) is 0 Å². The van der Waals surface area contributed by atoms with Crippen LogP contribution in [0.4, 0.5) is 0 Å². The van der Waals surface area contributed by atoms with Crippen molar-refractivity contribution < 1.29 is 0 Å². The van der Waals surface area contributed by atoms with Gasteiger partial charge < -0.3 is 0 Å². The Bertz CT molecular complexity index is 43.3. The third-order valence-electron chi connectivity index (χ3n) is 0.895. The van der Waals surface area contributed by atoms with Gasteiger partial charge in [0, 0.05) is 0 Å². The largest absolute Gasteiger partial charge is 0.270 e. The van der Waals surface area contributed by atoms with E-state index in [1.165, 1.54) is 0 Å².